The van der Waals surface area contributed by atoms with Gasteiger partial charge in [-0.25, -0.2) is 4.98 Å². The van der Waals surface area contributed by atoms with E-state index in [9.17, 15) is 4.79 Å². The number of rotatable bonds is 5. The molecule has 0 saturated carbocycles. The Morgan fingerprint density at radius 2 is 2.24 bits per heavy atom. The lowest BCUT2D eigenvalue weighted by Gasteiger charge is -2.13. The van der Waals surface area contributed by atoms with Crippen molar-refractivity contribution >= 4 is 23.3 Å². The molecule has 2 aromatic rings. The van der Waals surface area contributed by atoms with Crippen LogP contribution in [0.15, 0.2) is 18.5 Å². The fourth-order valence-corrected chi connectivity index (χ4v) is 2.09. The molecule has 2 aromatic heterocycles. The molecule has 1 atom stereocenters. The molecule has 0 radical (unpaired) electrons. The Kier molecular flexibility index (Phi) is 4.74. The molecule has 2 heterocycles. The largest absolute Gasteiger partial charge is 0.370 e. The lowest BCUT2D eigenvalue weighted by atomic mass is 10.2. The van der Waals surface area contributed by atoms with Gasteiger partial charge >= 0.3 is 0 Å². The average molecular weight is 309 g/mol. The van der Waals surface area contributed by atoms with Gasteiger partial charge in [-0.05, 0) is 26.0 Å². The van der Waals surface area contributed by atoms with Gasteiger partial charge < -0.3 is 15.2 Å². The summed E-state index contributed by atoms with van der Waals surface area (Å²) in [5.41, 5.74) is 0.184. The minimum absolute atomic E-state index is 0.184. The van der Waals surface area contributed by atoms with Gasteiger partial charge in [-0.2, -0.15) is 0 Å². The zero-order chi connectivity index (χ0) is 15.4. The van der Waals surface area contributed by atoms with Crippen molar-refractivity contribution in [3.63, 3.8) is 0 Å². The van der Waals surface area contributed by atoms with Crippen molar-refractivity contribution in [3.05, 3.63) is 35.0 Å². The molecule has 7 nitrogen and oxygen atoms in total. The van der Waals surface area contributed by atoms with Gasteiger partial charge in [0.05, 0.1) is 11.1 Å². The Hall–Kier alpha value is -2.15. The molecule has 0 spiro atoms. The first-order valence-electron chi connectivity index (χ1n) is 6.58. The molecule has 0 saturated heterocycles. The summed E-state index contributed by atoms with van der Waals surface area (Å²) in [4.78, 5) is 16.5. The highest BCUT2D eigenvalue weighted by Gasteiger charge is 2.18. The molecule has 1 unspecified atom stereocenters. The van der Waals surface area contributed by atoms with Gasteiger partial charge in [0.1, 0.15) is 17.8 Å². The van der Waals surface area contributed by atoms with Gasteiger partial charge in [0.15, 0.2) is 5.82 Å². The predicted molar refractivity (Wildman–Crippen MR) is 80.3 cm³/mol. The van der Waals surface area contributed by atoms with Crippen LogP contribution in [0.3, 0.4) is 0 Å². The first-order valence-corrected chi connectivity index (χ1v) is 6.96. The minimum Gasteiger partial charge on any atom is -0.370 e. The van der Waals surface area contributed by atoms with Gasteiger partial charge in [-0.15, -0.1) is 10.2 Å². The molecular formula is C13H17ClN6O. The predicted octanol–water partition coefficient (Wildman–Crippen LogP) is 1.79. The number of pyridine rings is 1. The number of nitrogens with zero attached hydrogens (tertiary/aromatic N) is 4. The van der Waals surface area contributed by atoms with E-state index < -0.39 is 0 Å². The van der Waals surface area contributed by atoms with Crippen molar-refractivity contribution < 1.29 is 4.79 Å². The molecule has 1 amide bonds. The van der Waals surface area contributed by atoms with E-state index in [4.69, 9.17) is 11.6 Å². The minimum atomic E-state index is -0.352. The van der Waals surface area contributed by atoms with Gasteiger partial charge in [0.25, 0.3) is 5.91 Å². The van der Waals surface area contributed by atoms with Crippen LogP contribution < -0.4 is 10.6 Å². The van der Waals surface area contributed by atoms with Gasteiger partial charge in [0, 0.05) is 13.6 Å². The molecule has 0 aliphatic rings. The quantitative estimate of drug-likeness (QED) is 0.879. The molecule has 0 fully saturated rings. The van der Waals surface area contributed by atoms with Crippen LogP contribution in [0.1, 0.15) is 36.2 Å². The van der Waals surface area contributed by atoms with Crippen LogP contribution in [-0.4, -0.2) is 32.2 Å². The summed E-state index contributed by atoms with van der Waals surface area (Å²) < 4.78 is 1.75. The molecule has 0 aliphatic carbocycles. The van der Waals surface area contributed by atoms with E-state index >= 15 is 0 Å². The topological polar surface area (TPSA) is 84.7 Å². The Bertz CT molecular complexity index is 641. The fraction of sp³-hybridized carbons (Fsp3) is 0.385. The van der Waals surface area contributed by atoms with Crippen molar-refractivity contribution in [3.8, 4) is 0 Å². The van der Waals surface area contributed by atoms with E-state index in [2.05, 4.69) is 25.8 Å². The summed E-state index contributed by atoms with van der Waals surface area (Å²) in [5.74, 6) is 0.913. The van der Waals surface area contributed by atoms with Crippen LogP contribution in [0.5, 0.6) is 0 Å². The molecule has 0 aliphatic heterocycles. The third-order valence-electron chi connectivity index (χ3n) is 2.90. The second-order valence-electron chi connectivity index (χ2n) is 4.55. The molecular weight excluding hydrogens is 292 g/mol. The van der Waals surface area contributed by atoms with E-state index in [1.54, 1.807) is 23.0 Å². The van der Waals surface area contributed by atoms with Crippen molar-refractivity contribution in [2.45, 2.75) is 19.9 Å². The highest BCUT2D eigenvalue weighted by Crippen LogP contribution is 2.18. The summed E-state index contributed by atoms with van der Waals surface area (Å²) in [6.07, 6.45) is 1.58. The smallest absolute Gasteiger partial charge is 0.272 e. The molecule has 0 aromatic carbocycles. The number of anilines is 1. The molecule has 21 heavy (non-hydrogen) atoms. The molecule has 2 rings (SSSR count). The van der Waals surface area contributed by atoms with E-state index in [-0.39, 0.29) is 17.6 Å². The van der Waals surface area contributed by atoms with E-state index in [1.165, 1.54) is 0 Å². The molecule has 112 valence electrons. The first-order chi connectivity index (χ1) is 10.0. The van der Waals surface area contributed by atoms with Crippen molar-refractivity contribution in [1.29, 1.82) is 0 Å². The number of halogens is 1. The van der Waals surface area contributed by atoms with E-state index in [0.717, 1.165) is 0 Å². The Balaban J connectivity index is 2.16. The highest BCUT2D eigenvalue weighted by atomic mass is 35.5. The third-order valence-corrected chi connectivity index (χ3v) is 3.21. The number of hydrogen-bond donors (Lipinski definition) is 2. The van der Waals surface area contributed by atoms with Crippen molar-refractivity contribution in [2.24, 2.45) is 7.05 Å². The summed E-state index contributed by atoms with van der Waals surface area (Å²) in [7, 11) is 1.81. The molecule has 2 N–H and O–H groups in total. The second kappa shape index (κ2) is 6.53. The maximum absolute atomic E-state index is 12.3. The maximum atomic E-state index is 12.3. The number of aromatic nitrogens is 4. The Labute approximate surface area is 127 Å². The zero-order valence-electron chi connectivity index (χ0n) is 12.1. The molecule has 8 heteroatoms. The monoisotopic (exact) mass is 308 g/mol. The van der Waals surface area contributed by atoms with Crippen LogP contribution in [0.4, 0.5) is 5.82 Å². The van der Waals surface area contributed by atoms with Gasteiger partial charge in [-0.3, -0.25) is 4.79 Å². The van der Waals surface area contributed by atoms with Gasteiger partial charge in [0.2, 0.25) is 0 Å². The first kappa shape index (κ1) is 15.2. The fourth-order valence-electron chi connectivity index (χ4n) is 1.89. The van der Waals surface area contributed by atoms with E-state index in [1.807, 2.05) is 20.9 Å². The third kappa shape index (κ3) is 3.49. The van der Waals surface area contributed by atoms with E-state index in [0.29, 0.717) is 23.2 Å². The maximum Gasteiger partial charge on any atom is 0.272 e. The lowest BCUT2D eigenvalue weighted by Crippen LogP contribution is -2.29. The second-order valence-corrected chi connectivity index (χ2v) is 4.96. The number of amides is 1. The number of aryl methyl sites for hydroxylation is 1. The summed E-state index contributed by atoms with van der Waals surface area (Å²) >= 11 is 6.05. The van der Waals surface area contributed by atoms with Crippen LogP contribution in [-0.2, 0) is 7.05 Å². The number of carbonyl (C=O) groups is 1. The Morgan fingerprint density at radius 1 is 1.48 bits per heavy atom. The van der Waals surface area contributed by atoms with Crippen LogP contribution >= 0.6 is 11.6 Å². The van der Waals surface area contributed by atoms with Gasteiger partial charge in [-0.1, -0.05) is 11.6 Å². The van der Waals surface area contributed by atoms with Crippen molar-refractivity contribution in [2.75, 3.05) is 11.9 Å². The standard InChI is InChI=1S/C13H17ClN6O/c1-4-15-10-6-5-9(14)11(18-10)13(21)17-8(2)12-19-16-7-20(12)3/h5-8H,4H2,1-3H3,(H,15,18)(H,17,21). The average Bonchev–Trinajstić information content (AvgIpc) is 2.87. The number of nitrogens with one attached hydrogen (secondary N) is 2. The SMILES string of the molecule is CCNc1ccc(Cl)c(C(=O)NC(C)c2nncn2C)n1. The number of hydrogen-bond acceptors (Lipinski definition) is 5. The number of carbonyl (C=O) groups excluding carboxylic acids is 1. The van der Waals surface area contributed by atoms with Crippen molar-refractivity contribution in [1.82, 2.24) is 25.1 Å². The van der Waals surface area contributed by atoms with Crippen LogP contribution in [0, 0.1) is 0 Å². The zero-order valence-corrected chi connectivity index (χ0v) is 12.8. The summed E-state index contributed by atoms with van der Waals surface area (Å²) in [5, 5.41) is 13.9. The van der Waals surface area contributed by atoms with Crippen LogP contribution in [0.2, 0.25) is 5.02 Å². The lowest BCUT2D eigenvalue weighted by molar-refractivity contribution is 0.0933. The Morgan fingerprint density at radius 3 is 2.86 bits per heavy atom. The normalized spacial score (nSPS) is 12.0. The summed E-state index contributed by atoms with van der Waals surface area (Å²) in [6.45, 7) is 4.49. The highest BCUT2D eigenvalue weighted by molar-refractivity contribution is 6.33. The summed E-state index contributed by atoms with van der Waals surface area (Å²) in [6, 6.07) is 3.08. The van der Waals surface area contributed by atoms with Crippen LogP contribution in [0.25, 0.3) is 0 Å². The molecule has 0 bridgehead atoms.